The highest BCUT2D eigenvalue weighted by molar-refractivity contribution is 6.35. The molecule has 0 spiro atoms. The largest absolute Gasteiger partial charge is 0.228 e. The van der Waals surface area contributed by atoms with Crippen LogP contribution < -0.4 is 0 Å². The van der Waals surface area contributed by atoms with Crippen LogP contribution in [0.5, 0.6) is 0 Å². The molecule has 100 valence electrons. The first-order valence-electron chi connectivity index (χ1n) is 5.94. The van der Waals surface area contributed by atoms with E-state index in [-0.39, 0.29) is 16.8 Å². The molecular weight excluding hydrogens is 298 g/mol. The van der Waals surface area contributed by atoms with Crippen LogP contribution in [0.2, 0.25) is 10.2 Å². The zero-order valence-corrected chi connectivity index (χ0v) is 12.0. The average molecular weight is 307 g/mol. The molecule has 3 rings (SSSR count). The molecule has 0 aliphatic carbocycles. The van der Waals surface area contributed by atoms with Gasteiger partial charge in [0.2, 0.25) is 0 Å². The van der Waals surface area contributed by atoms with Gasteiger partial charge >= 0.3 is 0 Å². The molecule has 0 aliphatic rings. The molecule has 0 saturated heterocycles. The Bertz CT molecular complexity index is 818. The van der Waals surface area contributed by atoms with Gasteiger partial charge in [-0.1, -0.05) is 29.3 Å². The molecule has 0 unspecified atom stereocenters. The Balaban J connectivity index is 2.26. The standard InChI is InChI=1S/C15H9Cl2FN2/c1-8-2-4-10(12(18)6-8)15-19-13-7-9(16)3-5-11(13)14(17)20-15/h2-7H,1H3. The van der Waals surface area contributed by atoms with Crippen LogP contribution in [0.15, 0.2) is 36.4 Å². The molecule has 2 aromatic carbocycles. The molecule has 0 amide bonds. The lowest BCUT2D eigenvalue weighted by Crippen LogP contribution is -1.94. The Morgan fingerprint density at radius 3 is 2.55 bits per heavy atom. The summed E-state index contributed by atoms with van der Waals surface area (Å²) in [6.07, 6.45) is 0. The van der Waals surface area contributed by atoms with E-state index in [9.17, 15) is 4.39 Å². The lowest BCUT2D eigenvalue weighted by molar-refractivity contribution is 0.629. The Hall–Kier alpha value is -1.71. The summed E-state index contributed by atoms with van der Waals surface area (Å²) in [5, 5.41) is 1.51. The molecule has 1 heterocycles. The van der Waals surface area contributed by atoms with Gasteiger partial charge in [-0.25, -0.2) is 14.4 Å². The van der Waals surface area contributed by atoms with Crippen LogP contribution in [0.1, 0.15) is 5.56 Å². The minimum Gasteiger partial charge on any atom is -0.228 e. The monoisotopic (exact) mass is 306 g/mol. The van der Waals surface area contributed by atoms with E-state index in [2.05, 4.69) is 9.97 Å². The van der Waals surface area contributed by atoms with Gasteiger partial charge in [-0.05, 0) is 42.8 Å². The lowest BCUT2D eigenvalue weighted by atomic mass is 10.1. The van der Waals surface area contributed by atoms with Crippen molar-refractivity contribution >= 4 is 34.1 Å². The van der Waals surface area contributed by atoms with Crippen LogP contribution >= 0.6 is 23.2 Å². The molecule has 20 heavy (non-hydrogen) atoms. The SMILES string of the molecule is Cc1ccc(-c2nc(Cl)c3ccc(Cl)cc3n2)c(F)c1. The maximum absolute atomic E-state index is 14.0. The third-order valence-electron chi connectivity index (χ3n) is 2.98. The molecule has 0 radical (unpaired) electrons. The van der Waals surface area contributed by atoms with Gasteiger partial charge in [-0.2, -0.15) is 0 Å². The fourth-order valence-electron chi connectivity index (χ4n) is 1.99. The van der Waals surface area contributed by atoms with Crippen molar-refractivity contribution in [2.45, 2.75) is 6.92 Å². The van der Waals surface area contributed by atoms with E-state index in [1.165, 1.54) is 6.07 Å². The number of fused-ring (bicyclic) bond motifs is 1. The fraction of sp³-hybridized carbons (Fsp3) is 0.0667. The van der Waals surface area contributed by atoms with Gasteiger partial charge in [0.05, 0.1) is 11.1 Å². The topological polar surface area (TPSA) is 25.8 Å². The number of nitrogens with zero attached hydrogens (tertiary/aromatic N) is 2. The summed E-state index contributed by atoms with van der Waals surface area (Å²) in [5.41, 5.74) is 1.74. The molecule has 0 atom stereocenters. The van der Waals surface area contributed by atoms with Crippen LogP contribution in [-0.4, -0.2) is 9.97 Å². The highest BCUT2D eigenvalue weighted by Gasteiger charge is 2.12. The first kappa shape index (κ1) is 13.3. The maximum atomic E-state index is 14.0. The minimum atomic E-state index is -0.373. The predicted octanol–water partition coefficient (Wildman–Crippen LogP) is 5.05. The Kier molecular flexibility index (Phi) is 3.32. The van der Waals surface area contributed by atoms with Crippen molar-refractivity contribution in [1.29, 1.82) is 0 Å². The second-order valence-corrected chi connectivity index (χ2v) is 5.28. The van der Waals surface area contributed by atoms with E-state index in [0.29, 0.717) is 21.5 Å². The van der Waals surface area contributed by atoms with E-state index in [1.54, 1.807) is 30.3 Å². The van der Waals surface area contributed by atoms with Crippen molar-refractivity contribution in [3.05, 3.63) is 58.0 Å². The Morgan fingerprint density at radius 1 is 1.00 bits per heavy atom. The first-order valence-corrected chi connectivity index (χ1v) is 6.69. The quantitative estimate of drug-likeness (QED) is 0.588. The average Bonchev–Trinajstić information content (AvgIpc) is 2.37. The third kappa shape index (κ3) is 2.35. The van der Waals surface area contributed by atoms with Gasteiger partial charge in [0, 0.05) is 10.4 Å². The van der Waals surface area contributed by atoms with E-state index >= 15 is 0 Å². The van der Waals surface area contributed by atoms with E-state index < -0.39 is 0 Å². The lowest BCUT2D eigenvalue weighted by Gasteiger charge is -2.06. The van der Waals surface area contributed by atoms with Crippen LogP contribution in [-0.2, 0) is 0 Å². The maximum Gasteiger partial charge on any atom is 0.164 e. The van der Waals surface area contributed by atoms with Crippen molar-refractivity contribution in [2.75, 3.05) is 0 Å². The molecule has 0 fully saturated rings. The third-order valence-corrected chi connectivity index (χ3v) is 3.50. The highest BCUT2D eigenvalue weighted by atomic mass is 35.5. The molecule has 0 bridgehead atoms. The number of benzene rings is 2. The number of hydrogen-bond donors (Lipinski definition) is 0. The second kappa shape index (κ2) is 5.00. The molecule has 1 aromatic heterocycles. The normalized spacial score (nSPS) is 11.0. The van der Waals surface area contributed by atoms with Gasteiger partial charge in [0.15, 0.2) is 5.82 Å². The Morgan fingerprint density at radius 2 is 1.80 bits per heavy atom. The number of aryl methyl sites for hydroxylation is 1. The summed E-state index contributed by atoms with van der Waals surface area (Å²) in [4.78, 5) is 8.50. The van der Waals surface area contributed by atoms with Crippen LogP contribution in [0.3, 0.4) is 0 Å². The van der Waals surface area contributed by atoms with Crippen LogP contribution in [0.4, 0.5) is 4.39 Å². The first-order chi connectivity index (χ1) is 9.54. The summed E-state index contributed by atoms with van der Waals surface area (Å²) in [5.74, 6) is -0.121. The van der Waals surface area contributed by atoms with Crippen molar-refractivity contribution in [1.82, 2.24) is 9.97 Å². The summed E-state index contributed by atoms with van der Waals surface area (Å²) in [6.45, 7) is 1.82. The minimum absolute atomic E-state index is 0.252. The van der Waals surface area contributed by atoms with Crippen molar-refractivity contribution < 1.29 is 4.39 Å². The van der Waals surface area contributed by atoms with Gasteiger partial charge < -0.3 is 0 Å². The summed E-state index contributed by atoms with van der Waals surface area (Å²) in [6, 6.07) is 10.0. The molecule has 0 N–H and O–H groups in total. The molecule has 2 nitrogen and oxygen atoms in total. The van der Waals surface area contributed by atoms with E-state index in [1.807, 2.05) is 6.92 Å². The smallest absolute Gasteiger partial charge is 0.164 e. The molecular formula is C15H9Cl2FN2. The van der Waals surface area contributed by atoms with Crippen molar-refractivity contribution in [3.63, 3.8) is 0 Å². The highest BCUT2D eigenvalue weighted by Crippen LogP contribution is 2.28. The number of rotatable bonds is 1. The van der Waals surface area contributed by atoms with Crippen molar-refractivity contribution in [3.8, 4) is 11.4 Å². The molecule has 5 heteroatoms. The number of hydrogen-bond acceptors (Lipinski definition) is 2. The van der Waals surface area contributed by atoms with Gasteiger partial charge in [-0.15, -0.1) is 0 Å². The zero-order valence-electron chi connectivity index (χ0n) is 10.5. The second-order valence-electron chi connectivity index (χ2n) is 4.48. The summed E-state index contributed by atoms with van der Waals surface area (Å²) in [7, 11) is 0. The van der Waals surface area contributed by atoms with E-state index in [4.69, 9.17) is 23.2 Å². The van der Waals surface area contributed by atoms with Crippen LogP contribution in [0, 0.1) is 12.7 Å². The fourth-order valence-corrected chi connectivity index (χ4v) is 2.39. The Labute approximate surface area is 125 Å². The van der Waals surface area contributed by atoms with Crippen molar-refractivity contribution in [2.24, 2.45) is 0 Å². The van der Waals surface area contributed by atoms with E-state index in [0.717, 1.165) is 5.56 Å². The predicted molar refractivity (Wildman–Crippen MR) is 79.7 cm³/mol. The number of halogens is 3. The molecule has 0 aliphatic heterocycles. The zero-order chi connectivity index (χ0) is 14.3. The van der Waals surface area contributed by atoms with Crippen LogP contribution in [0.25, 0.3) is 22.3 Å². The van der Waals surface area contributed by atoms with Gasteiger partial charge in [0.1, 0.15) is 11.0 Å². The van der Waals surface area contributed by atoms with Gasteiger partial charge in [0.25, 0.3) is 0 Å². The number of aromatic nitrogens is 2. The summed E-state index contributed by atoms with van der Waals surface area (Å²) >= 11 is 12.1. The van der Waals surface area contributed by atoms with Gasteiger partial charge in [-0.3, -0.25) is 0 Å². The summed E-state index contributed by atoms with van der Waals surface area (Å²) < 4.78 is 14.0. The molecule has 0 saturated carbocycles. The molecule has 3 aromatic rings.